The van der Waals surface area contributed by atoms with E-state index in [4.69, 9.17) is 20.2 Å². The van der Waals surface area contributed by atoms with Crippen LogP contribution in [0.3, 0.4) is 0 Å². The first kappa shape index (κ1) is 21.4. The molecule has 5 rings (SSSR count). The van der Waals surface area contributed by atoms with Crippen LogP contribution in [0.25, 0.3) is 22.3 Å². The Morgan fingerprint density at radius 2 is 2.09 bits per heavy atom. The highest BCUT2D eigenvalue weighted by molar-refractivity contribution is 5.99. The maximum atomic E-state index is 13.5. The number of anilines is 2. The predicted octanol–water partition coefficient (Wildman–Crippen LogP) is 1.74. The SMILES string of the molecule is CC[C@@]1(O)C(=O)OCc2c1cc1n(c2=O)Cc2c-1nc1ccc(N)cc1c2N(C)CCOC. The third kappa shape index (κ3) is 3.03. The van der Waals surface area contributed by atoms with Crippen LogP contribution in [0.2, 0.25) is 0 Å². The minimum Gasteiger partial charge on any atom is -0.458 e. The molecule has 0 radical (unpaired) electrons. The second-order valence-electron chi connectivity index (χ2n) is 8.58. The molecule has 0 bridgehead atoms. The number of cyclic esters (lactones) is 1. The molecule has 2 aliphatic rings. The minimum absolute atomic E-state index is 0.101. The van der Waals surface area contributed by atoms with E-state index >= 15 is 0 Å². The van der Waals surface area contributed by atoms with Crippen molar-refractivity contribution < 1.29 is 19.4 Å². The first-order chi connectivity index (χ1) is 15.8. The summed E-state index contributed by atoms with van der Waals surface area (Å²) in [5.41, 5.74) is 8.98. The van der Waals surface area contributed by atoms with Crippen molar-refractivity contribution in [3.63, 3.8) is 0 Å². The van der Waals surface area contributed by atoms with Gasteiger partial charge in [0.2, 0.25) is 0 Å². The molecule has 1 aromatic carbocycles. The lowest BCUT2D eigenvalue weighted by Gasteiger charge is -2.31. The lowest BCUT2D eigenvalue weighted by Crippen LogP contribution is -2.44. The minimum atomic E-state index is -1.85. The number of nitrogen functional groups attached to an aromatic ring is 1. The Hall–Kier alpha value is -3.43. The van der Waals surface area contributed by atoms with Crippen molar-refractivity contribution in [2.75, 3.05) is 37.9 Å². The van der Waals surface area contributed by atoms with Gasteiger partial charge in [0, 0.05) is 42.9 Å². The first-order valence-corrected chi connectivity index (χ1v) is 10.9. The predicted molar refractivity (Wildman–Crippen MR) is 124 cm³/mol. The topological polar surface area (TPSA) is 120 Å². The van der Waals surface area contributed by atoms with Crippen molar-refractivity contribution in [1.29, 1.82) is 0 Å². The maximum absolute atomic E-state index is 13.5. The van der Waals surface area contributed by atoms with E-state index in [-0.39, 0.29) is 18.6 Å². The fourth-order valence-corrected chi connectivity index (χ4v) is 4.85. The van der Waals surface area contributed by atoms with Crippen molar-refractivity contribution in [2.24, 2.45) is 0 Å². The highest BCUT2D eigenvalue weighted by Crippen LogP contribution is 2.43. The standard InChI is InChI=1S/C24H26N4O5/c1-4-24(31)17-10-19-20-15(11-28(19)22(29)16(17)12-33-23(24)30)21(27(2)7-8-32-3)14-9-13(25)5-6-18(14)26-20/h5-6,9-10,31H,4,7-8,11-12,25H2,1-3H3/t24-/m0/s1. The molecule has 1 atom stereocenters. The Labute approximate surface area is 190 Å². The van der Waals surface area contributed by atoms with Crippen LogP contribution in [0.4, 0.5) is 11.4 Å². The van der Waals surface area contributed by atoms with Crippen LogP contribution in [0.1, 0.15) is 30.0 Å². The Morgan fingerprint density at radius 3 is 2.82 bits per heavy atom. The van der Waals surface area contributed by atoms with E-state index in [1.54, 1.807) is 30.7 Å². The molecule has 0 fully saturated rings. The Kier molecular flexibility index (Phi) is 4.91. The number of carbonyl (C=O) groups excluding carboxylic acids is 1. The van der Waals surface area contributed by atoms with Gasteiger partial charge in [0.05, 0.1) is 41.3 Å². The van der Waals surface area contributed by atoms with Crippen LogP contribution in [0, 0.1) is 0 Å². The number of carbonyl (C=O) groups is 1. The molecule has 0 unspecified atom stereocenters. The number of pyridine rings is 2. The highest BCUT2D eigenvalue weighted by Gasteiger charge is 2.45. The molecular weight excluding hydrogens is 424 g/mol. The molecule has 2 aromatic heterocycles. The third-order valence-electron chi connectivity index (χ3n) is 6.69. The van der Waals surface area contributed by atoms with Crippen molar-refractivity contribution in [3.8, 4) is 11.4 Å². The molecule has 0 aliphatic carbocycles. The number of hydrogen-bond acceptors (Lipinski definition) is 8. The molecule has 9 nitrogen and oxygen atoms in total. The summed E-state index contributed by atoms with van der Waals surface area (Å²) in [5.74, 6) is -0.734. The smallest absolute Gasteiger partial charge is 0.343 e. The van der Waals surface area contributed by atoms with Gasteiger partial charge in [-0.2, -0.15) is 0 Å². The summed E-state index contributed by atoms with van der Waals surface area (Å²) in [6.45, 7) is 3.02. The average molecular weight is 450 g/mol. The van der Waals surface area contributed by atoms with Crippen LogP contribution in [0.15, 0.2) is 29.1 Å². The van der Waals surface area contributed by atoms with Gasteiger partial charge in [0.15, 0.2) is 5.60 Å². The van der Waals surface area contributed by atoms with E-state index in [9.17, 15) is 14.7 Å². The Balaban J connectivity index is 1.79. The molecule has 9 heteroatoms. The monoisotopic (exact) mass is 450 g/mol. The summed E-state index contributed by atoms with van der Waals surface area (Å²) < 4.78 is 12.1. The number of fused-ring (bicyclic) bond motifs is 5. The van der Waals surface area contributed by atoms with Gasteiger partial charge in [-0.05, 0) is 30.7 Å². The molecule has 4 heterocycles. The summed E-state index contributed by atoms with van der Waals surface area (Å²) in [6, 6.07) is 7.26. The number of aliphatic hydroxyl groups is 1. The van der Waals surface area contributed by atoms with Gasteiger partial charge < -0.3 is 29.8 Å². The van der Waals surface area contributed by atoms with Gasteiger partial charge in [0.25, 0.3) is 5.56 Å². The number of esters is 1. The molecule has 33 heavy (non-hydrogen) atoms. The molecule has 3 aromatic rings. The number of aromatic nitrogens is 2. The zero-order valence-corrected chi connectivity index (χ0v) is 18.8. The second-order valence-corrected chi connectivity index (χ2v) is 8.58. The summed E-state index contributed by atoms with van der Waals surface area (Å²) in [4.78, 5) is 32.8. The molecule has 3 N–H and O–H groups in total. The van der Waals surface area contributed by atoms with Gasteiger partial charge in [-0.15, -0.1) is 0 Å². The molecule has 0 spiro atoms. The number of likely N-dealkylation sites (N-methyl/N-ethyl adjacent to an activating group) is 1. The van der Waals surface area contributed by atoms with Gasteiger partial charge >= 0.3 is 5.97 Å². The van der Waals surface area contributed by atoms with Crippen molar-refractivity contribution in [3.05, 3.63) is 51.3 Å². The normalized spacial score (nSPS) is 18.6. The van der Waals surface area contributed by atoms with E-state index in [2.05, 4.69) is 4.90 Å². The van der Waals surface area contributed by atoms with E-state index in [1.165, 1.54) is 0 Å². The lowest BCUT2D eigenvalue weighted by molar-refractivity contribution is -0.172. The average Bonchev–Trinajstić information content (AvgIpc) is 3.17. The number of rotatable bonds is 5. The van der Waals surface area contributed by atoms with Crippen LogP contribution in [0.5, 0.6) is 0 Å². The Morgan fingerprint density at radius 1 is 1.30 bits per heavy atom. The molecule has 172 valence electrons. The largest absolute Gasteiger partial charge is 0.458 e. The third-order valence-corrected chi connectivity index (χ3v) is 6.69. The summed E-state index contributed by atoms with van der Waals surface area (Å²) >= 11 is 0. The quantitative estimate of drug-likeness (QED) is 0.349. The zero-order valence-electron chi connectivity index (χ0n) is 18.8. The Bertz CT molecular complexity index is 1370. The molecular formula is C24H26N4O5. The summed E-state index contributed by atoms with van der Waals surface area (Å²) in [7, 11) is 3.62. The van der Waals surface area contributed by atoms with Gasteiger partial charge in [-0.1, -0.05) is 6.92 Å². The van der Waals surface area contributed by atoms with Crippen molar-refractivity contribution in [2.45, 2.75) is 32.1 Å². The second kappa shape index (κ2) is 7.57. The lowest BCUT2D eigenvalue weighted by atomic mass is 9.86. The van der Waals surface area contributed by atoms with Crippen LogP contribution in [-0.4, -0.2) is 47.9 Å². The van der Waals surface area contributed by atoms with Crippen LogP contribution < -0.4 is 16.2 Å². The molecule has 0 saturated carbocycles. The summed E-state index contributed by atoms with van der Waals surface area (Å²) in [5, 5.41) is 12.0. The molecule has 2 aliphatic heterocycles. The van der Waals surface area contributed by atoms with E-state index in [1.807, 2.05) is 19.2 Å². The van der Waals surface area contributed by atoms with E-state index < -0.39 is 11.6 Å². The highest BCUT2D eigenvalue weighted by atomic mass is 16.6. The number of nitrogens with zero attached hydrogens (tertiary/aromatic N) is 3. The number of ether oxygens (including phenoxy) is 2. The van der Waals surface area contributed by atoms with Gasteiger partial charge in [0.1, 0.15) is 6.61 Å². The maximum Gasteiger partial charge on any atom is 0.343 e. The van der Waals surface area contributed by atoms with E-state index in [0.29, 0.717) is 47.9 Å². The first-order valence-electron chi connectivity index (χ1n) is 10.9. The molecule has 0 amide bonds. The number of nitrogens with two attached hydrogens (primary N) is 1. The fraction of sp³-hybridized carbons (Fsp3) is 0.375. The fourth-order valence-electron chi connectivity index (χ4n) is 4.85. The zero-order chi connectivity index (χ0) is 23.5. The van der Waals surface area contributed by atoms with Crippen LogP contribution in [-0.2, 0) is 33.0 Å². The van der Waals surface area contributed by atoms with Gasteiger partial charge in [-0.3, -0.25) is 4.79 Å². The van der Waals surface area contributed by atoms with Gasteiger partial charge in [-0.25, -0.2) is 9.78 Å². The molecule has 0 saturated heterocycles. The van der Waals surface area contributed by atoms with Crippen LogP contribution >= 0.6 is 0 Å². The van der Waals surface area contributed by atoms with E-state index in [0.717, 1.165) is 22.2 Å². The number of methoxy groups -OCH3 is 1. The van der Waals surface area contributed by atoms with Crippen molar-refractivity contribution in [1.82, 2.24) is 9.55 Å². The number of benzene rings is 1. The summed E-state index contributed by atoms with van der Waals surface area (Å²) in [6.07, 6.45) is 0.101. The number of hydrogen-bond donors (Lipinski definition) is 2. The van der Waals surface area contributed by atoms with Crippen molar-refractivity contribution >= 4 is 28.2 Å².